The molecule has 0 fully saturated rings. The number of nitrogens with two attached hydrogens (primary N) is 1. The molecule has 0 saturated carbocycles. The second kappa shape index (κ2) is 6.32. The molecule has 3 aromatic rings. The zero-order valence-corrected chi connectivity index (χ0v) is 13.4. The first-order valence-corrected chi connectivity index (χ1v) is 8.06. The molecule has 0 unspecified atom stereocenters. The van der Waals surface area contributed by atoms with Gasteiger partial charge in [0.15, 0.2) is 0 Å². The SMILES string of the molecule is Nc1ccc(SCc2nc(-c3ccccc3)no2)c(Br)c1. The molecule has 0 aliphatic heterocycles. The van der Waals surface area contributed by atoms with E-state index in [2.05, 4.69) is 26.1 Å². The number of thioether (sulfide) groups is 1. The number of benzene rings is 2. The number of halogens is 1. The number of rotatable bonds is 4. The smallest absolute Gasteiger partial charge is 0.237 e. The first-order valence-electron chi connectivity index (χ1n) is 6.28. The van der Waals surface area contributed by atoms with Gasteiger partial charge in [-0.1, -0.05) is 35.5 Å². The van der Waals surface area contributed by atoms with Crippen molar-refractivity contribution in [3.8, 4) is 11.4 Å². The summed E-state index contributed by atoms with van der Waals surface area (Å²) in [6.45, 7) is 0. The van der Waals surface area contributed by atoms with Crippen LogP contribution in [-0.2, 0) is 5.75 Å². The highest BCUT2D eigenvalue weighted by molar-refractivity contribution is 9.10. The third kappa shape index (κ3) is 3.46. The number of anilines is 1. The predicted molar refractivity (Wildman–Crippen MR) is 87.8 cm³/mol. The van der Waals surface area contributed by atoms with Gasteiger partial charge in [-0.15, -0.1) is 11.8 Å². The second-order valence-corrected chi connectivity index (χ2v) is 6.23. The normalized spacial score (nSPS) is 10.7. The van der Waals surface area contributed by atoms with E-state index in [-0.39, 0.29) is 0 Å². The minimum absolute atomic E-state index is 0.600. The zero-order chi connectivity index (χ0) is 14.7. The van der Waals surface area contributed by atoms with E-state index >= 15 is 0 Å². The Morgan fingerprint density at radius 2 is 1.95 bits per heavy atom. The summed E-state index contributed by atoms with van der Waals surface area (Å²) in [5.41, 5.74) is 7.40. The Morgan fingerprint density at radius 1 is 1.14 bits per heavy atom. The van der Waals surface area contributed by atoms with Crippen LogP contribution in [-0.4, -0.2) is 10.1 Å². The molecular weight excluding hydrogens is 350 g/mol. The maximum absolute atomic E-state index is 5.72. The van der Waals surface area contributed by atoms with E-state index in [0.717, 1.165) is 20.6 Å². The third-order valence-corrected chi connectivity index (χ3v) is 4.78. The van der Waals surface area contributed by atoms with Crippen molar-refractivity contribution in [2.24, 2.45) is 0 Å². The first-order chi connectivity index (χ1) is 10.2. The molecule has 6 heteroatoms. The molecule has 0 radical (unpaired) electrons. The molecule has 0 bridgehead atoms. The summed E-state index contributed by atoms with van der Waals surface area (Å²) in [6, 6.07) is 15.5. The Balaban J connectivity index is 1.70. The average Bonchev–Trinajstić information content (AvgIpc) is 2.96. The van der Waals surface area contributed by atoms with Crippen LogP contribution >= 0.6 is 27.7 Å². The van der Waals surface area contributed by atoms with Gasteiger partial charge < -0.3 is 10.3 Å². The summed E-state index contributed by atoms with van der Waals surface area (Å²) in [6.07, 6.45) is 0. The molecule has 0 saturated heterocycles. The largest absolute Gasteiger partial charge is 0.399 e. The number of aromatic nitrogens is 2. The van der Waals surface area contributed by atoms with Crippen LogP contribution < -0.4 is 5.73 Å². The Hall–Kier alpha value is -1.79. The van der Waals surface area contributed by atoms with Gasteiger partial charge in [0, 0.05) is 20.6 Å². The summed E-state index contributed by atoms with van der Waals surface area (Å²) >= 11 is 5.11. The van der Waals surface area contributed by atoms with Crippen LogP contribution in [0.1, 0.15) is 5.89 Å². The van der Waals surface area contributed by atoms with E-state index in [1.54, 1.807) is 11.8 Å². The molecule has 0 aliphatic carbocycles. The van der Waals surface area contributed by atoms with E-state index in [4.69, 9.17) is 10.3 Å². The molecule has 0 aliphatic rings. The van der Waals surface area contributed by atoms with Crippen LogP contribution in [0.25, 0.3) is 11.4 Å². The van der Waals surface area contributed by atoms with Gasteiger partial charge >= 0.3 is 0 Å². The highest BCUT2D eigenvalue weighted by Gasteiger charge is 2.09. The van der Waals surface area contributed by atoms with Crippen LogP contribution in [0.3, 0.4) is 0 Å². The fourth-order valence-corrected chi connectivity index (χ4v) is 3.29. The van der Waals surface area contributed by atoms with E-state index < -0.39 is 0 Å². The van der Waals surface area contributed by atoms with Crippen molar-refractivity contribution in [3.05, 3.63) is 58.9 Å². The fraction of sp³-hybridized carbons (Fsp3) is 0.0667. The van der Waals surface area contributed by atoms with Crippen LogP contribution in [0.4, 0.5) is 5.69 Å². The summed E-state index contributed by atoms with van der Waals surface area (Å²) in [5, 5.41) is 4.00. The average molecular weight is 362 g/mol. The van der Waals surface area contributed by atoms with Gasteiger partial charge in [-0.2, -0.15) is 4.98 Å². The van der Waals surface area contributed by atoms with E-state index in [1.807, 2.05) is 48.5 Å². The molecule has 1 aromatic heterocycles. The van der Waals surface area contributed by atoms with Crippen molar-refractivity contribution < 1.29 is 4.52 Å². The Morgan fingerprint density at radius 3 is 2.71 bits per heavy atom. The number of nitrogen functional groups attached to an aromatic ring is 1. The molecule has 2 aromatic carbocycles. The number of nitrogens with zero attached hydrogens (tertiary/aromatic N) is 2. The third-order valence-electron chi connectivity index (χ3n) is 2.81. The highest BCUT2D eigenvalue weighted by atomic mass is 79.9. The Kier molecular flexibility index (Phi) is 4.26. The van der Waals surface area contributed by atoms with Crippen molar-refractivity contribution >= 4 is 33.4 Å². The molecule has 0 atom stereocenters. The molecule has 4 nitrogen and oxygen atoms in total. The van der Waals surface area contributed by atoms with Crippen LogP contribution in [0, 0.1) is 0 Å². The topological polar surface area (TPSA) is 64.9 Å². The summed E-state index contributed by atoms with van der Waals surface area (Å²) in [4.78, 5) is 5.49. The molecule has 21 heavy (non-hydrogen) atoms. The van der Waals surface area contributed by atoms with Gasteiger partial charge in [-0.3, -0.25) is 0 Å². The lowest BCUT2D eigenvalue weighted by molar-refractivity contribution is 0.391. The van der Waals surface area contributed by atoms with E-state index in [1.165, 1.54) is 0 Å². The number of hydrogen-bond donors (Lipinski definition) is 1. The van der Waals surface area contributed by atoms with Crippen molar-refractivity contribution in [3.63, 3.8) is 0 Å². The first kappa shape index (κ1) is 14.2. The van der Waals surface area contributed by atoms with Crippen LogP contribution in [0.15, 0.2) is 62.4 Å². The van der Waals surface area contributed by atoms with E-state index in [0.29, 0.717) is 17.5 Å². The number of hydrogen-bond acceptors (Lipinski definition) is 5. The minimum Gasteiger partial charge on any atom is -0.399 e. The van der Waals surface area contributed by atoms with Crippen molar-refractivity contribution in [1.82, 2.24) is 10.1 Å². The minimum atomic E-state index is 0.600. The zero-order valence-electron chi connectivity index (χ0n) is 11.0. The molecule has 2 N–H and O–H groups in total. The molecule has 1 heterocycles. The van der Waals surface area contributed by atoms with Gasteiger partial charge in [0.2, 0.25) is 11.7 Å². The Labute approximate surface area is 134 Å². The fourth-order valence-electron chi connectivity index (χ4n) is 1.79. The van der Waals surface area contributed by atoms with Crippen molar-refractivity contribution in [2.75, 3.05) is 5.73 Å². The van der Waals surface area contributed by atoms with E-state index in [9.17, 15) is 0 Å². The van der Waals surface area contributed by atoms with Gasteiger partial charge in [-0.25, -0.2) is 0 Å². The summed E-state index contributed by atoms with van der Waals surface area (Å²) in [7, 11) is 0. The lowest BCUT2D eigenvalue weighted by Gasteiger charge is -2.02. The van der Waals surface area contributed by atoms with Crippen molar-refractivity contribution in [1.29, 1.82) is 0 Å². The van der Waals surface area contributed by atoms with Crippen LogP contribution in [0.5, 0.6) is 0 Å². The molecule has 106 valence electrons. The maximum atomic E-state index is 5.72. The molecule has 0 amide bonds. The summed E-state index contributed by atoms with van der Waals surface area (Å²) in [5.74, 6) is 1.83. The predicted octanol–water partition coefficient (Wildman–Crippen LogP) is 4.37. The lowest BCUT2D eigenvalue weighted by Crippen LogP contribution is -1.86. The van der Waals surface area contributed by atoms with Gasteiger partial charge in [0.25, 0.3) is 0 Å². The maximum Gasteiger partial charge on any atom is 0.237 e. The van der Waals surface area contributed by atoms with Gasteiger partial charge in [0.1, 0.15) is 0 Å². The quantitative estimate of drug-likeness (QED) is 0.551. The Bertz CT molecular complexity index is 746. The lowest BCUT2D eigenvalue weighted by atomic mass is 10.2. The summed E-state index contributed by atoms with van der Waals surface area (Å²) < 4.78 is 6.25. The van der Waals surface area contributed by atoms with Gasteiger partial charge in [0.05, 0.1) is 5.75 Å². The van der Waals surface area contributed by atoms with Gasteiger partial charge in [-0.05, 0) is 34.1 Å². The highest BCUT2D eigenvalue weighted by Crippen LogP contribution is 2.31. The van der Waals surface area contributed by atoms with Crippen molar-refractivity contribution in [2.45, 2.75) is 10.6 Å². The molecular formula is C15H12BrN3OS. The van der Waals surface area contributed by atoms with Crippen LogP contribution in [0.2, 0.25) is 0 Å². The molecule has 0 spiro atoms. The second-order valence-electron chi connectivity index (χ2n) is 4.36. The monoisotopic (exact) mass is 361 g/mol. The molecule has 3 rings (SSSR count). The standard InChI is InChI=1S/C15H12BrN3OS/c16-12-8-11(17)6-7-13(12)21-9-14-18-15(19-20-14)10-4-2-1-3-5-10/h1-8H,9,17H2.